The third kappa shape index (κ3) is 4.24. The summed E-state index contributed by atoms with van der Waals surface area (Å²) in [6.45, 7) is 3.39. The maximum atomic E-state index is 11.6. The van der Waals surface area contributed by atoms with Crippen LogP contribution in [-0.2, 0) is 4.79 Å². The van der Waals surface area contributed by atoms with Crippen LogP contribution in [-0.4, -0.2) is 50.0 Å². The van der Waals surface area contributed by atoms with Gasteiger partial charge in [-0.15, -0.1) is 0 Å². The van der Waals surface area contributed by atoms with Gasteiger partial charge in [0.25, 0.3) is 0 Å². The van der Waals surface area contributed by atoms with Gasteiger partial charge in [-0.05, 0) is 12.5 Å². The highest BCUT2D eigenvalue weighted by Gasteiger charge is 2.09. The second-order valence-electron chi connectivity index (χ2n) is 4.50. The SMILES string of the molecule is CCCNc1cncc(N(C)CC(=O)N(C)C)c1. The number of pyridine rings is 1. The van der Waals surface area contributed by atoms with Crippen LogP contribution in [0.3, 0.4) is 0 Å². The number of nitrogens with zero attached hydrogens (tertiary/aromatic N) is 3. The van der Waals surface area contributed by atoms with Crippen molar-refractivity contribution in [2.45, 2.75) is 13.3 Å². The van der Waals surface area contributed by atoms with Crippen molar-refractivity contribution in [2.75, 3.05) is 44.4 Å². The van der Waals surface area contributed by atoms with E-state index in [2.05, 4.69) is 17.2 Å². The third-order valence-corrected chi connectivity index (χ3v) is 2.61. The number of aromatic nitrogens is 1. The first-order valence-electron chi connectivity index (χ1n) is 6.14. The van der Waals surface area contributed by atoms with Gasteiger partial charge in [0.1, 0.15) is 0 Å². The van der Waals surface area contributed by atoms with E-state index in [0.29, 0.717) is 6.54 Å². The van der Waals surface area contributed by atoms with Gasteiger partial charge in [0.2, 0.25) is 5.91 Å². The van der Waals surface area contributed by atoms with E-state index < -0.39 is 0 Å². The topological polar surface area (TPSA) is 48.5 Å². The van der Waals surface area contributed by atoms with Gasteiger partial charge < -0.3 is 15.1 Å². The summed E-state index contributed by atoms with van der Waals surface area (Å²) in [4.78, 5) is 19.3. The van der Waals surface area contributed by atoms with Crippen LogP contribution in [0, 0.1) is 0 Å². The highest BCUT2D eigenvalue weighted by atomic mass is 16.2. The molecule has 5 heteroatoms. The van der Waals surface area contributed by atoms with E-state index in [1.165, 1.54) is 0 Å². The van der Waals surface area contributed by atoms with E-state index in [0.717, 1.165) is 24.3 Å². The second-order valence-corrected chi connectivity index (χ2v) is 4.50. The lowest BCUT2D eigenvalue weighted by Gasteiger charge is -2.21. The lowest BCUT2D eigenvalue weighted by atomic mass is 10.3. The highest BCUT2D eigenvalue weighted by molar-refractivity contribution is 5.81. The van der Waals surface area contributed by atoms with Crippen LogP contribution in [0.4, 0.5) is 11.4 Å². The molecule has 0 aliphatic heterocycles. The minimum absolute atomic E-state index is 0.0735. The fourth-order valence-corrected chi connectivity index (χ4v) is 1.44. The third-order valence-electron chi connectivity index (χ3n) is 2.61. The Labute approximate surface area is 109 Å². The van der Waals surface area contributed by atoms with Crippen molar-refractivity contribution in [1.29, 1.82) is 0 Å². The van der Waals surface area contributed by atoms with E-state index >= 15 is 0 Å². The number of hydrogen-bond donors (Lipinski definition) is 1. The zero-order valence-electron chi connectivity index (χ0n) is 11.6. The van der Waals surface area contributed by atoms with Crippen molar-refractivity contribution >= 4 is 17.3 Å². The maximum Gasteiger partial charge on any atom is 0.241 e. The standard InChI is InChI=1S/C13H22N4O/c1-5-6-15-11-7-12(9-14-8-11)17(4)10-13(18)16(2)3/h7-9,15H,5-6,10H2,1-4H3. The molecule has 1 N–H and O–H groups in total. The first-order chi connectivity index (χ1) is 8.54. The fraction of sp³-hybridized carbons (Fsp3) is 0.538. The lowest BCUT2D eigenvalue weighted by molar-refractivity contribution is -0.127. The van der Waals surface area contributed by atoms with Crippen molar-refractivity contribution in [2.24, 2.45) is 0 Å². The van der Waals surface area contributed by atoms with E-state index in [1.54, 1.807) is 31.4 Å². The summed E-state index contributed by atoms with van der Waals surface area (Å²) < 4.78 is 0. The molecule has 0 fully saturated rings. The second kappa shape index (κ2) is 6.83. The van der Waals surface area contributed by atoms with Crippen molar-refractivity contribution < 1.29 is 4.79 Å². The minimum Gasteiger partial charge on any atom is -0.384 e. The molecule has 0 spiro atoms. The molecule has 0 aliphatic carbocycles. The number of hydrogen-bond acceptors (Lipinski definition) is 4. The molecule has 0 unspecified atom stereocenters. The highest BCUT2D eigenvalue weighted by Crippen LogP contribution is 2.16. The molecule has 0 bridgehead atoms. The summed E-state index contributed by atoms with van der Waals surface area (Å²) in [6, 6.07) is 2.01. The Morgan fingerprint density at radius 1 is 1.33 bits per heavy atom. The molecule has 100 valence electrons. The van der Waals surface area contributed by atoms with E-state index in [1.807, 2.05) is 18.0 Å². The monoisotopic (exact) mass is 250 g/mol. The quantitative estimate of drug-likeness (QED) is 0.829. The fourth-order valence-electron chi connectivity index (χ4n) is 1.44. The molecule has 1 rings (SSSR count). The summed E-state index contributed by atoms with van der Waals surface area (Å²) in [7, 11) is 5.41. The van der Waals surface area contributed by atoms with Gasteiger partial charge in [0.15, 0.2) is 0 Å². The van der Waals surface area contributed by atoms with Crippen LogP contribution in [0.1, 0.15) is 13.3 Å². The summed E-state index contributed by atoms with van der Waals surface area (Å²) >= 11 is 0. The number of carbonyl (C=O) groups is 1. The Balaban J connectivity index is 2.67. The van der Waals surface area contributed by atoms with Crippen molar-refractivity contribution in [3.8, 4) is 0 Å². The zero-order valence-corrected chi connectivity index (χ0v) is 11.6. The summed E-state index contributed by atoms with van der Waals surface area (Å²) in [5.41, 5.74) is 1.92. The summed E-state index contributed by atoms with van der Waals surface area (Å²) in [5.74, 6) is 0.0735. The molecule has 18 heavy (non-hydrogen) atoms. The van der Waals surface area contributed by atoms with Crippen molar-refractivity contribution in [3.63, 3.8) is 0 Å². The Morgan fingerprint density at radius 2 is 2.06 bits per heavy atom. The molecule has 1 aromatic rings. The van der Waals surface area contributed by atoms with Crippen LogP contribution >= 0.6 is 0 Å². The van der Waals surface area contributed by atoms with E-state index in [9.17, 15) is 4.79 Å². The molecule has 0 radical (unpaired) electrons. The molecule has 5 nitrogen and oxygen atoms in total. The number of anilines is 2. The minimum atomic E-state index is 0.0735. The van der Waals surface area contributed by atoms with Crippen molar-refractivity contribution in [3.05, 3.63) is 18.5 Å². The molecule has 1 heterocycles. The predicted octanol–water partition coefficient (Wildman–Crippen LogP) is 1.43. The molecular weight excluding hydrogens is 228 g/mol. The predicted molar refractivity (Wildman–Crippen MR) is 75.0 cm³/mol. The van der Waals surface area contributed by atoms with Gasteiger partial charge in [0, 0.05) is 27.7 Å². The molecule has 0 atom stereocenters. The first-order valence-corrected chi connectivity index (χ1v) is 6.14. The lowest BCUT2D eigenvalue weighted by Crippen LogP contribution is -2.34. The van der Waals surface area contributed by atoms with Crippen LogP contribution in [0.2, 0.25) is 0 Å². The Hall–Kier alpha value is -1.78. The normalized spacial score (nSPS) is 10.0. The molecule has 0 aliphatic rings. The largest absolute Gasteiger partial charge is 0.384 e. The van der Waals surface area contributed by atoms with Crippen LogP contribution in [0.5, 0.6) is 0 Å². The Morgan fingerprint density at radius 3 is 2.67 bits per heavy atom. The zero-order chi connectivity index (χ0) is 13.5. The summed E-state index contributed by atoms with van der Waals surface area (Å²) in [5, 5.41) is 3.28. The van der Waals surface area contributed by atoms with Crippen LogP contribution < -0.4 is 10.2 Å². The molecule has 1 aromatic heterocycles. The van der Waals surface area contributed by atoms with Crippen molar-refractivity contribution in [1.82, 2.24) is 9.88 Å². The van der Waals surface area contributed by atoms with Gasteiger partial charge in [0.05, 0.1) is 30.3 Å². The van der Waals surface area contributed by atoms with Gasteiger partial charge in [-0.25, -0.2) is 0 Å². The number of likely N-dealkylation sites (N-methyl/N-ethyl adjacent to an activating group) is 2. The van der Waals surface area contributed by atoms with Gasteiger partial charge in [-0.1, -0.05) is 6.92 Å². The molecule has 0 aromatic carbocycles. The summed E-state index contributed by atoms with van der Waals surface area (Å²) in [6.07, 6.45) is 4.63. The molecular formula is C13H22N4O. The number of nitrogens with one attached hydrogen (secondary N) is 1. The van der Waals surface area contributed by atoms with E-state index in [-0.39, 0.29) is 5.91 Å². The van der Waals surface area contributed by atoms with Gasteiger partial charge >= 0.3 is 0 Å². The maximum absolute atomic E-state index is 11.6. The number of rotatable bonds is 6. The average Bonchev–Trinajstić information content (AvgIpc) is 2.36. The van der Waals surface area contributed by atoms with Gasteiger partial charge in [-0.2, -0.15) is 0 Å². The Bertz CT molecular complexity index is 392. The smallest absolute Gasteiger partial charge is 0.241 e. The van der Waals surface area contributed by atoms with Crippen LogP contribution in [0.25, 0.3) is 0 Å². The number of amides is 1. The number of carbonyl (C=O) groups excluding carboxylic acids is 1. The molecule has 1 amide bonds. The average molecular weight is 250 g/mol. The van der Waals surface area contributed by atoms with Crippen LogP contribution in [0.15, 0.2) is 18.5 Å². The Kier molecular flexibility index (Phi) is 5.42. The van der Waals surface area contributed by atoms with E-state index in [4.69, 9.17) is 0 Å². The van der Waals surface area contributed by atoms with Gasteiger partial charge in [-0.3, -0.25) is 9.78 Å². The molecule has 0 saturated heterocycles. The molecule has 0 saturated carbocycles. The first kappa shape index (κ1) is 14.3.